The van der Waals surface area contributed by atoms with Gasteiger partial charge in [-0.3, -0.25) is 4.79 Å². The van der Waals surface area contributed by atoms with E-state index >= 15 is 0 Å². The fourth-order valence-electron chi connectivity index (χ4n) is 1.31. The van der Waals surface area contributed by atoms with Crippen LogP contribution >= 0.6 is 0 Å². The number of carbonyl (C=O) groups excluding carboxylic acids is 1. The molecule has 94 valence electrons. The van der Waals surface area contributed by atoms with Crippen molar-refractivity contribution in [3.8, 4) is 0 Å². The third-order valence-electron chi connectivity index (χ3n) is 2.18. The highest BCUT2D eigenvalue weighted by molar-refractivity contribution is 5.82. The van der Waals surface area contributed by atoms with Gasteiger partial charge in [0.25, 0.3) is 0 Å². The second kappa shape index (κ2) is 5.93. The third-order valence-corrected chi connectivity index (χ3v) is 2.18. The van der Waals surface area contributed by atoms with Crippen LogP contribution in [0.15, 0.2) is 22.8 Å². The fraction of sp³-hybridized carbons (Fsp3) is 0.455. The molecule has 1 aromatic rings. The maximum Gasteiger partial charge on any atom is 0.325 e. The minimum atomic E-state index is -1.07. The summed E-state index contributed by atoms with van der Waals surface area (Å²) in [5, 5.41) is 13.6. The summed E-state index contributed by atoms with van der Waals surface area (Å²) in [5.74, 6) is -0.303. The zero-order valence-corrected chi connectivity index (χ0v) is 9.77. The molecule has 6 heteroatoms. The van der Waals surface area contributed by atoms with Crippen LogP contribution in [0.3, 0.4) is 0 Å². The molecule has 1 unspecified atom stereocenters. The van der Waals surface area contributed by atoms with Crippen LogP contribution in [0.4, 0.5) is 4.79 Å². The molecule has 1 heterocycles. The molecule has 1 aromatic heterocycles. The Balaban J connectivity index is 2.33. The number of nitrogens with one attached hydrogen (secondary N) is 2. The van der Waals surface area contributed by atoms with Crippen molar-refractivity contribution in [2.24, 2.45) is 0 Å². The standard InChI is InChI=1S/C11H16N2O4/c1-7(6-9-4-3-5-17-9)12-11(16)13-8(2)10(14)15/h3-5,7-8H,6H2,1-2H3,(H,14,15)(H2,12,13,16)/t7?,8-/m0/s1. The smallest absolute Gasteiger partial charge is 0.325 e. The van der Waals surface area contributed by atoms with Gasteiger partial charge in [0, 0.05) is 12.5 Å². The van der Waals surface area contributed by atoms with Crippen LogP contribution in [-0.4, -0.2) is 29.2 Å². The average Bonchev–Trinajstić information content (AvgIpc) is 2.69. The molecule has 1 rings (SSSR count). The van der Waals surface area contributed by atoms with Crippen LogP contribution in [0.25, 0.3) is 0 Å². The van der Waals surface area contributed by atoms with Crippen molar-refractivity contribution in [1.29, 1.82) is 0 Å². The van der Waals surface area contributed by atoms with Crippen molar-refractivity contribution in [2.45, 2.75) is 32.4 Å². The number of urea groups is 1. The average molecular weight is 240 g/mol. The Morgan fingerprint density at radius 3 is 2.65 bits per heavy atom. The lowest BCUT2D eigenvalue weighted by atomic mass is 10.2. The summed E-state index contributed by atoms with van der Waals surface area (Å²) in [6.45, 7) is 3.21. The second-order valence-corrected chi connectivity index (χ2v) is 3.86. The van der Waals surface area contributed by atoms with Gasteiger partial charge in [0.05, 0.1) is 6.26 Å². The number of amides is 2. The van der Waals surface area contributed by atoms with E-state index in [1.165, 1.54) is 6.92 Å². The molecule has 2 amide bonds. The molecule has 17 heavy (non-hydrogen) atoms. The van der Waals surface area contributed by atoms with Gasteiger partial charge >= 0.3 is 12.0 Å². The van der Waals surface area contributed by atoms with E-state index in [0.717, 1.165) is 5.76 Å². The molecule has 0 saturated carbocycles. The molecule has 0 aliphatic heterocycles. The first kappa shape index (κ1) is 13.1. The number of rotatable bonds is 5. The Morgan fingerprint density at radius 2 is 2.12 bits per heavy atom. The van der Waals surface area contributed by atoms with E-state index in [9.17, 15) is 9.59 Å². The van der Waals surface area contributed by atoms with Crippen molar-refractivity contribution in [3.05, 3.63) is 24.2 Å². The van der Waals surface area contributed by atoms with Gasteiger partial charge in [-0.2, -0.15) is 0 Å². The molecule has 0 spiro atoms. The number of aliphatic carboxylic acids is 1. The molecule has 6 nitrogen and oxygen atoms in total. The van der Waals surface area contributed by atoms with Gasteiger partial charge in [0.2, 0.25) is 0 Å². The van der Waals surface area contributed by atoms with E-state index < -0.39 is 18.0 Å². The number of furan rings is 1. The maximum absolute atomic E-state index is 11.4. The summed E-state index contributed by atoms with van der Waals surface area (Å²) in [7, 11) is 0. The van der Waals surface area contributed by atoms with Gasteiger partial charge in [-0.15, -0.1) is 0 Å². The van der Waals surface area contributed by atoms with Crippen LogP contribution < -0.4 is 10.6 Å². The van der Waals surface area contributed by atoms with Crippen LogP contribution in [0.5, 0.6) is 0 Å². The fourth-order valence-corrected chi connectivity index (χ4v) is 1.31. The van der Waals surface area contributed by atoms with Gasteiger partial charge in [-0.1, -0.05) is 0 Å². The summed E-state index contributed by atoms with van der Waals surface area (Å²) < 4.78 is 5.14. The van der Waals surface area contributed by atoms with Crippen molar-refractivity contribution < 1.29 is 19.1 Å². The molecule has 0 radical (unpaired) electrons. The van der Waals surface area contributed by atoms with E-state index in [-0.39, 0.29) is 6.04 Å². The molecule has 0 aliphatic rings. The largest absolute Gasteiger partial charge is 0.480 e. The van der Waals surface area contributed by atoms with Gasteiger partial charge in [0.1, 0.15) is 11.8 Å². The number of hydrogen-bond donors (Lipinski definition) is 3. The molecule has 2 atom stereocenters. The molecule has 0 aliphatic carbocycles. The number of hydrogen-bond acceptors (Lipinski definition) is 3. The third kappa shape index (κ3) is 4.58. The van der Waals surface area contributed by atoms with Crippen LogP contribution in [0.2, 0.25) is 0 Å². The highest BCUT2D eigenvalue weighted by atomic mass is 16.4. The molecule has 0 aromatic carbocycles. The summed E-state index contributed by atoms with van der Waals surface area (Å²) in [5.41, 5.74) is 0. The number of carbonyl (C=O) groups is 2. The van der Waals surface area contributed by atoms with Crippen LogP contribution in [0.1, 0.15) is 19.6 Å². The van der Waals surface area contributed by atoms with Crippen LogP contribution in [-0.2, 0) is 11.2 Å². The first-order chi connectivity index (χ1) is 7.99. The first-order valence-corrected chi connectivity index (χ1v) is 5.31. The lowest BCUT2D eigenvalue weighted by Gasteiger charge is -2.15. The van der Waals surface area contributed by atoms with Crippen molar-refractivity contribution >= 4 is 12.0 Å². The predicted octanol–water partition coefficient (Wildman–Crippen LogP) is 0.983. The van der Waals surface area contributed by atoms with Gasteiger partial charge < -0.3 is 20.2 Å². The molecule has 0 fully saturated rings. The Labute approximate surface area is 99.0 Å². The second-order valence-electron chi connectivity index (χ2n) is 3.86. The Bertz CT molecular complexity index is 375. The topological polar surface area (TPSA) is 91.6 Å². The molecular formula is C11H16N2O4. The zero-order chi connectivity index (χ0) is 12.8. The maximum atomic E-state index is 11.4. The van der Waals surface area contributed by atoms with E-state index in [2.05, 4.69) is 10.6 Å². The minimum absolute atomic E-state index is 0.137. The molecular weight excluding hydrogens is 224 g/mol. The summed E-state index contributed by atoms with van der Waals surface area (Å²) in [4.78, 5) is 21.9. The molecule has 0 saturated heterocycles. The summed E-state index contributed by atoms with van der Waals surface area (Å²) in [6.07, 6.45) is 2.12. The Morgan fingerprint density at radius 1 is 1.41 bits per heavy atom. The summed E-state index contributed by atoms with van der Waals surface area (Å²) in [6, 6.07) is 2.04. The van der Waals surface area contributed by atoms with Crippen molar-refractivity contribution in [3.63, 3.8) is 0 Å². The highest BCUT2D eigenvalue weighted by Gasteiger charge is 2.15. The Hall–Kier alpha value is -1.98. The number of carboxylic acid groups (broad SMARTS) is 1. The summed E-state index contributed by atoms with van der Waals surface area (Å²) >= 11 is 0. The van der Waals surface area contributed by atoms with E-state index in [0.29, 0.717) is 6.42 Å². The van der Waals surface area contributed by atoms with E-state index in [4.69, 9.17) is 9.52 Å². The first-order valence-electron chi connectivity index (χ1n) is 5.31. The lowest BCUT2D eigenvalue weighted by molar-refractivity contribution is -0.138. The van der Waals surface area contributed by atoms with Gasteiger partial charge in [0.15, 0.2) is 0 Å². The quantitative estimate of drug-likeness (QED) is 0.715. The minimum Gasteiger partial charge on any atom is -0.480 e. The molecule has 3 N–H and O–H groups in total. The number of carboxylic acids is 1. The lowest BCUT2D eigenvalue weighted by Crippen LogP contribution is -2.47. The van der Waals surface area contributed by atoms with E-state index in [1.807, 2.05) is 13.0 Å². The monoisotopic (exact) mass is 240 g/mol. The molecule has 0 bridgehead atoms. The normalized spacial score (nSPS) is 13.8. The van der Waals surface area contributed by atoms with Crippen LogP contribution in [0, 0.1) is 0 Å². The highest BCUT2D eigenvalue weighted by Crippen LogP contribution is 2.03. The van der Waals surface area contributed by atoms with E-state index in [1.54, 1.807) is 12.3 Å². The zero-order valence-electron chi connectivity index (χ0n) is 9.77. The van der Waals surface area contributed by atoms with Crippen molar-refractivity contribution in [1.82, 2.24) is 10.6 Å². The Kier molecular flexibility index (Phi) is 4.56. The van der Waals surface area contributed by atoms with Crippen molar-refractivity contribution in [2.75, 3.05) is 0 Å². The predicted molar refractivity (Wildman–Crippen MR) is 60.6 cm³/mol. The van der Waals surface area contributed by atoms with Gasteiger partial charge in [-0.05, 0) is 26.0 Å². The van der Waals surface area contributed by atoms with Gasteiger partial charge in [-0.25, -0.2) is 4.79 Å². The SMILES string of the molecule is CC(Cc1ccco1)NC(=O)N[C@@H](C)C(=O)O.